The van der Waals surface area contributed by atoms with Crippen LogP contribution in [0.15, 0.2) is 24.3 Å². The molecule has 3 aliphatic rings. The minimum Gasteiger partial charge on any atom is -0.355 e. The zero-order valence-electron chi connectivity index (χ0n) is 17.3. The molecule has 0 aromatic heterocycles. The molecule has 0 saturated carbocycles. The number of amides is 3. The molecule has 1 N–H and O–H groups in total. The Labute approximate surface area is 178 Å². The van der Waals surface area contributed by atoms with E-state index in [1.54, 1.807) is 0 Å². The Morgan fingerprint density at radius 3 is 2.37 bits per heavy atom. The third-order valence-electron chi connectivity index (χ3n) is 6.35. The largest absolute Gasteiger partial charge is 0.355 e. The molecule has 2 fully saturated rings. The van der Waals surface area contributed by atoms with Gasteiger partial charge in [0.1, 0.15) is 0 Å². The van der Waals surface area contributed by atoms with Gasteiger partial charge in [0.05, 0.1) is 11.4 Å². The van der Waals surface area contributed by atoms with E-state index >= 15 is 0 Å². The first-order valence-electron chi connectivity index (χ1n) is 10.9. The van der Waals surface area contributed by atoms with Crippen LogP contribution >= 0.6 is 0 Å². The number of likely N-dealkylation sites (tertiary alicyclic amines) is 2. The standard InChI is InChI=1S/C21H30N4O4S/c26-20(18-7-13-24(14-8-18)21(27)23-11-3-4-12-23)22-10-16-30(28,29)25-15-9-17-5-1-2-6-19(17)25/h1-2,5-6,18H,3-4,7-16H2,(H,22,26). The number of rotatable bonds is 5. The number of piperidine rings is 1. The van der Waals surface area contributed by atoms with Crippen molar-refractivity contribution in [2.24, 2.45) is 5.92 Å². The highest BCUT2D eigenvalue weighted by Crippen LogP contribution is 2.30. The van der Waals surface area contributed by atoms with Crippen molar-refractivity contribution >= 4 is 27.6 Å². The van der Waals surface area contributed by atoms with E-state index in [1.807, 2.05) is 34.1 Å². The molecule has 0 atom stereocenters. The summed E-state index contributed by atoms with van der Waals surface area (Å²) in [6.07, 6.45) is 4.10. The average molecular weight is 435 g/mol. The molecule has 1 aromatic rings. The number of anilines is 1. The lowest BCUT2D eigenvalue weighted by Crippen LogP contribution is -2.48. The number of nitrogens with zero attached hydrogens (tertiary/aromatic N) is 3. The van der Waals surface area contributed by atoms with Crippen molar-refractivity contribution in [3.05, 3.63) is 29.8 Å². The minimum atomic E-state index is -3.47. The Morgan fingerprint density at radius 1 is 0.967 bits per heavy atom. The van der Waals surface area contributed by atoms with Crippen molar-refractivity contribution in [2.75, 3.05) is 49.3 Å². The molecule has 3 aliphatic heterocycles. The molecule has 0 unspecified atom stereocenters. The summed E-state index contributed by atoms with van der Waals surface area (Å²) in [7, 11) is -3.47. The van der Waals surface area contributed by atoms with E-state index in [2.05, 4.69) is 5.32 Å². The molecule has 0 radical (unpaired) electrons. The van der Waals surface area contributed by atoms with Gasteiger partial charge in [0.25, 0.3) is 0 Å². The second-order valence-corrected chi connectivity index (χ2v) is 10.3. The second kappa shape index (κ2) is 8.83. The fourth-order valence-electron chi connectivity index (χ4n) is 4.60. The lowest BCUT2D eigenvalue weighted by molar-refractivity contribution is -0.126. The van der Waals surface area contributed by atoms with Gasteiger partial charge in [-0.3, -0.25) is 9.10 Å². The zero-order chi connectivity index (χ0) is 21.1. The molecule has 164 valence electrons. The third kappa shape index (κ3) is 4.40. The van der Waals surface area contributed by atoms with Gasteiger partial charge >= 0.3 is 6.03 Å². The predicted molar refractivity (Wildman–Crippen MR) is 115 cm³/mol. The summed E-state index contributed by atoms with van der Waals surface area (Å²) in [6.45, 7) is 3.38. The molecule has 0 spiro atoms. The van der Waals surface area contributed by atoms with E-state index in [0.717, 1.165) is 43.6 Å². The molecular formula is C21H30N4O4S. The number of hydrogen-bond acceptors (Lipinski definition) is 4. The van der Waals surface area contributed by atoms with Gasteiger partial charge in [-0.15, -0.1) is 0 Å². The van der Waals surface area contributed by atoms with Crippen LogP contribution < -0.4 is 9.62 Å². The smallest absolute Gasteiger partial charge is 0.319 e. The highest BCUT2D eigenvalue weighted by Gasteiger charge is 2.32. The van der Waals surface area contributed by atoms with E-state index in [1.165, 1.54) is 4.31 Å². The van der Waals surface area contributed by atoms with Gasteiger partial charge in [-0.05, 0) is 43.7 Å². The van der Waals surface area contributed by atoms with Crippen molar-refractivity contribution in [1.29, 1.82) is 0 Å². The molecular weight excluding hydrogens is 404 g/mol. The Hall–Kier alpha value is -2.29. The summed E-state index contributed by atoms with van der Waals surface area (Å²) in [5.41, 5.74) is 1.79. The Morgan fingerprint density at radius 2 is 1.63 bits per heavy atom. The van der Waals surface area contributed by atoms with E-state index in [0.29, 0.717) is 32.5 Å². The number of sulfonamides is 1. The lowest BCUT2D eigenvalue weighted by atomic mass is 9.96. The van der Waals surface area contributed by atoms with E-state index in [9.17, 15) is 18.0 Å². The quantitative estimate of drug-likeness (QED) is 0.759. The summed E-state index contributed by atoms with van der Waals surface area (Å²) < 4.78 is 26.9. The first kappa shape index (κ1) is 21.0. The number of benzene rings is 1. The van der Waals surface area contributed by atoms with Gasteiger partial charge in [-0.1, -0.05) is 18.2 Å². The van der Waals surface area contributed by atoms with Crippen LogP contribution in [-0.2, 0) is 21.2 Å². The van der Waals surface area contributed by atoms with Gasteiger partial charge in [-0.2, -0.15) is 0 Å². The van der Waals surface area contributed by atoms with Crippen molar-refractivity contribution in [3.8, 4) is 0 Å². The molecule has 3 amide bonds. The van der Waals surface area contributed by atoms with E-state index in [-0.39, 0.29) is 30.2 Å². The van der Waals surface area contributed by atoms with Gasteiger partial charge < -0.3 is 15.1 Å². The van der Waals surface area contributed by atoms with Crippen molar-refractivity contribution < 1.29 is 18.0 Å². The minimum absolute atomic E-state index is 0.0864. The average Bonchev–Trinajstić information content (AvgIpc) is 3.43. The van der Waals surface area contributed by atoms with Crippen LogP contribution in [0.5, 0.6) is 0 Å². The molecule has 0 bridgehead atoms. The highest BCUT2D eigenvalue weighted by atomic mass is 32.2. The SMILES string of the molecule is O=C(NCCS(=O)(=O)N1CCc2ccccc21)C1CCN(C(=O)N2CCCC2)CC1. The van der Waals surface area contributed by atoms with Crippen LogP contribution in [0, 0.1) is 5.92 Å². The van der Waals surface area contributed by atoms with Crippen LogP contribution in [0.2, 0.25) is 0 Å². The molecule has 3 heterocycles. The van der Waals surface area contributed by atoms with E-state index in [4.69, 9.17) is 0 Å². The highest BCUT2D eigenvalue weighted by molar-refractivity contribution is 7.92. The van der Waals surface area contributed by atoms with Crippen LogP contribution in [0.3, 0.4) is 0 Å². The third-order valence-corrected chi connectivity index (χ3v) is 8.12. The van der Waals surface area contributed by atoms with Gasteiger partial charge in [-0.25, -0.2) is 13.2 Å². The number of hydrogen-bond donors (Lipinski definition) is 1. The number of carbonyl (C=O) groups is 2. The van der Waals surface area contributed by atoms with Crippen LogP contribution in [0.1, 0.15) is 31.2 Å². The molecule has 8 nitrogen and oxygen atoms in total. The number of carbonyl (C=O) groups excluding carboxylic acids is 2. The van der Waals surface area contributed by atoms with Crippen molar-refractivity contribution in [1.82, 2.24) is 15.1 Å². The lowest BCUT2D eigenvalue weighted by Gasteiger charge is -2.34. The summed E-state index contributed by atoms with van der Waals surface area (Å²) >= 11 is 0. The zero-order valence-corrected chi connectivity index (χ0v) is 18.1. The molecule has 4 rings (SSSR count). The molecule has 30 heavy (non-hydrogen) atoms. The summed E-state index contributed by atoms with van der Waals surface area (Å²) in [5, 5.41) is 2.80. The normalized spacial score (nSPS) is 19.8. The summed E-state index contributed by atoms with van der Waals surface area (Å²) in [4.78, 5) is 28.7. The first-order valence-corrected chi connectivity index (χ1v) is 12.5. The fraction of sp³-hybridized carbons (Fsp3) is 0.619. The monoisotopic (exact) mass is 434 g/mol. The van der Waals surface area contributed by atoms with Gasteiger partial charge in [0.2, 0.25) is 15.9 Å². The topological polar surface area (TPSA) is 90.0 Å². The van der Waals surface area contributed by atoms with Crippen LogP contribution in [0.4, 0.5) is 10.5 Å². The predicted octanol–water partition coefficient (Wildman–Crippen LogP) is 1.42. The van der Waals surface area contributed by atoms with Crippen molar-refractivity contribution in [2.45, 2.75) is 32.1 Å². The maximum absolute atomic E-state index is 12.7. The summed E-state index contributed by atoms with van der Waals surface area (Å²) in [5.74, 6) is -0.387. The second-order valence-electron chi connectivity index (χ2n) is 8.30. The summed E-state index contributed by atoms with van der Waals surface area (Å²) in [6, 6.07) is 7.63. The van der Waals surface area contributed by atoms with Gasteiger partial charge in [0.15, 0.2) is 0 Å². The number of para-hydroxylation sites is 1. The number of nitrogens with one attached hydrogen (secondary N) is 1. The first-order chi connectivity index (χ1) is 14.5. The van der Waals surface area contributed by atoms with Crippen LogP contribution in [0.25, 0.3) is 0 Å². The maximum atomic E-state index is 12.7. The molecule has 1 aromatic carbocycles. The maximum Gasteiger partial charge on any atom is 0.319 e. The van der Waals surface area contributed by atoms with Crippen molar-refractivity contribution in [3.63, 3.8) is 0 Å². The Bertz CT molecular complexity index is 890. The van der Waals surface area contributed by atoms with Gasteiger partial charge in [0, 0.05) is 45.2 Å². The molecule has 2 saturated heterocycles. The van der Waals surface area contributed by atoms with E-state index < -0.39 is 10.0 Å². The Balaban J connectivity index is 1.22. The Kier molecular flexibility index (Phi) is 6.17. The number of urea groups is 1. The molecule has 0 aliphatic carbocycles. The molecule has 9 heteroatoms. The number of fused-ring (bicyclic) bond motifs is 1. The fourth-order valence-corrected chi connectivity index (χ4v) is 6.02. The van der Waals surface area contributed by atoms with Crippen LogP contribution in [-0.4, -0.2) is 75.2 Å².